The molecule has 0 saturated heterocycles. The molecule has 3 nitrogen and oxygen atoms in total. The number of benzene rings is 1. The van der Waals surface area contributed by atoms with Crippen LogP contribution in [0.2, 0.25) is 0 Å². The van der Waals surface area contributed by atoms with Gasteiger partial charge in [0, 0.05) is 17.6 Å². The van der Waals surface area contributed by atoms with E-state index in [1.165, 1.54) is 5.56 Å². The fraction of sp³-hybridized carbons (Fsp3) is 0.600. The lowest BCUT2D eigenvalue weighted by Gasteiger charge is -2.26. The Morgan fingerprint density at radius 1 is 1.42 bits per heavy atom. The molecule has 0 saturated carbocycles. The molecule has 0 bridgehead atoms. The van der Waals surface area contributed by atoms with Gasteiger partial charge in [-0.15, -0.1) is 0 Å². The molecule has 1 unspecified atom stereocenters. The van der Waals surface area contributed by atoms with Gasteiger partial charge in [-0.2, -0.15) is 0 Å². The standard InChI is InChI=1S/C15H24BrNO2/c1-11(18)8-15(2,3)10-17-9-12-7-13(19-4)5-6-14(12)16/h5-7,11,17-18H,8-10H2,1-4H3. The van der Waals surface area contributed by atoms with Crippen LogP contribution in [-0.4, -0.2) is 24.9 Å². The van der Waals surface area contributed by atoms with E-state index in [-0.39, 0.29) is 11.5 Å². The molecule has 1 aromatic rings. The largest absolute Gasteiger partial charge is 0.497 e. The molecule has 4 heteroatoms. The van der Waals surface area contributed by atoms with Crippen LogP contribution in [0, 0.1) is 5.41 Å². The van der Waals surface area contributed by atoms with Gasteiger partial charge in [0.05, 0.1) is 13.2 Å². The Labute approximate surface area is 124 Å². The highest BCUT2D eigenvalue weighted by Gasteiger charge is 2.19. The van der Waals surface area contributed by atoms with E-state index in [1.54, 1.807) is 7.11 Å². The van der Waals surface area contributed by atoms with Crippen LogP contribution in [0.1, 0.15) is 32.8 Å². The molecule has 0 fully saturated rings. The Bertz CT molecular complexity index is 405. The van der Waals surface area contributed by atoms with Gasteiger partial charge in [0.15, 0.2) is 0 Å². The number of methoxy groups -OCH3 is 1. The van der Waals surface area contributed by atoms with Crippen molar-refractivity contribution in [3.05, 3.63) is 28.2 Å². The predicted octanol–water partition coefficient (Wildman–Crippen LogP) is 3.34. The summed E-state index contributed by atoms with van der Waals surface area (Å²) in [4.78, 5) is 0. The molecular weight excluding hydrogens is 306 g/mol. The molecule has 1 atom stereocenters. The van der Waals surface area contributed by atoms with E-state index in [0.29, 0.717) is 0 Å². The van der Waals surface area contributed by atoms with Crippen LogP contribution in [0.4, 0.5) is 0 Å². The minimum absolute atomic E-state index is 0.0828. The summed E-state index contributed by atoms with van der Waals surface area (Å²) >= 11 is 3.55. The van der Waals surface area contributed by atoms with E-state index in [9.17, 15) is 5.11 Å². The first-order chi connectivity index (χ1) is 8.84. The fourth-order valence-electron chi connectivity index (χ4n) is 2.22. The lowest BCUT2D eigenvalue weighted by atomic mass is 9.87. The molecule has 0 aliphatic carbocycles. The van der Waals surface area contributed by atoms with Gasteiger partial charge in [-0.3, -0.25) is 0 Å². The first-order valence-electron chi connectivity index (χ1n) is 6.55. The van der Waals surface area contributed by atoms with Gasteiger partial charge in [0.1, 0.15) is 5.75 Å². The van der Waals surface area contributed by atoms with Gasteiger partial charge < -0.3 is 15.2 Å². The molecular formula is C15H24BrNO2. The topological polar surface area (TPSA) is 41.5 Å². The molecule has 1 rings (SSSR count). The van der Waals surface area contributed by atoms with Crippen LogP contribution in [0.3, 0.4) is 0 Å². The molecule has 19 heavy (non-hydrogen) atoms. The number of aliphatic hydroxyl groups is 1. The Hall–Kier alpha value is -0.580. The molecule has 108 valence electrons. The summed E-state index contributed by atoms with van der Waals surface area (Å²) in [6, 6.07) is 5.96. The second-order valence-electron chi connectivity index (χ2n) is 5.78. The maximum Gasteiger partial charge on any atom is 0.119 e. The summed E-state index contributed by atoms with van der Waals surface area (Å²) in [6.45, 7) is 7.80. The van der Waals surface area contributed by atoms with E-state index in [4.69, 9.17) is 4.74 Å². The van der Waals surface area contributed by atoms with Crippen molar-refractivity contribution in [3.63, 3.8) is 0 Å². The molecule has 0 aromatic heterocycles. The quantitative estimate of drug-likeness (QED) is 0.806. The first kappa shape index (κ1) is 16.5. The average Bonchev–Trinajstić information content (AvgIpc) is 2.29. The van der Waals surface area contributed by atoms with E-state index in [1.807, 2.05) is 25.1 Å². The SMILES string of the molecule is COc1ccc(Br)c(CNCC(C)(C)CC(C)O)c1. The summed E-state index contributed by atoms with van der Waals surface area (Å²) in [6.07, 6.45) is 0.527. The second kappa shape index (κ2) is 7.27. The summed E-state index contributed by atoms with van der Waals surface area (Å²) in [5.41, 5.74) is 1.26. The summed E-state index contributed by atoms with van der Waals surface area (Å²) < 4.78 is 6.31. The monoisotopic (exact) mass is 329 g/mol. The third-order valence-corrected chi connectivity index (χ3v) is 3.79. The summed E-state index contributed by atoms with van der Waals surface area (Å²) in [5.74, 6) is 0.864. The average molecular weight is 330 g/mol. The van der Waals surface area contributed by atoms with Gasteiger partial charge in [-0.25, -0.2) is 0 Å². The van der Waals surface area contributed by atoms with Crippen molar-refractivity contribution in [1.82, 2.24) is 5.32 Å². The van der Waals surface area contributed by atoms with Crippen LogP contribution in [0.15, 0.2) is 22.7 Å². The second-order valence-corrected chi connectivity index (χ2v) is 6.63. The lowest BCUT2D eigenvalue weighted by Crippen LogP contribution is -2.31. The Balaban J connectivity index is 2.53. The number of halogens is 1. The summed E-state index contributed by atoms with van der Waals surface area (Å²) in [5, 5.41) is 12.9. The van der Waals surface area contributed by atoms with Gasteiger partial charge in [0.25, 0.3) is 0 Å². The van der Waals surface area contributed by atoms with Crippen LogP contribution >= 0.6 is 15.9 Å². The van der Waals surface area contributed by atoms with Gasteiger partial charge in [0.2, 0.25) is 0 Å². The molecule has 0 heterocycles. The van der Waals surface area contributed by atoms with Crippen molar-refractivity contribution in [2.75, 3.05) is 13.7 Å². The van der Waals surface area contributed by atoms with Crippen molar-refractivity contribution in [2.24, 2.45) is 5.41 Å². The zero-order valence-corrected chi connectivity index (χ0v) is 13.8. The van der Waals surface area contributed by atoms with Crippen LogP contribution in [-0.2, 0) is 6.54 Å². The van der Waals surface area contributed by atoms with Gasteiger partial charge in [-0.1, -0.05) is 29.8 Å². The molecule has 1 aromatic carbocycles. The minimum Gasteiger partial charge on any atom is -0.497 e. The van der Waals surface area contributed by atoms with Crippen molar-refractivity contribution in [3.8, 4) is 5.75 Å². The Kier molecular flexibility index (Phi) is 6.30. The third kappa shape index (κ3) is 5.93. The number of ether oxygens (including phenoxy) is 1. The fourth-order valence-corrected chi connectivity index (χ4v) is 2.61. The number of nitrogens with one attached hydrogen (secondary N) is 1. The van der Waals surface area contributed by atoms with E-state index < -0.39 is 0 Å². The molecule has 2 N–H and O–H groups in total. The van der Waals surface area contributed by atoms with Crippen molar-refractivity contribution >= 4 is 15.9 Å². The number of hydrogen-bond acceptors (Lipinski definition) is 3. The van der Waals surface area contributed by atoms with E-state index >= 15 is 0 Å². The van der Waals surface area contributed by atoms with Crippen molar-refractivity contribution in [2.45, 2.75) is 39.8 Å². The van der Waals surface area contributed by atoms with Crippen molar-refractivity contribution < 1.29 is 9.84 Å². The Morgan fingerprint density at radius 3 is 2.68 bits per heavy atom. The van der Waals surface area contributed by atoms with Crippen LogP contribution < -0.4 is 10.1 Å². The number of hydrogen-bond donors (Lipinski definition) is 2. The minimum atomic E-state index is -0.264. The maximum atomic E-state index is 9.46. The molecule has 0 amide bonds. The van der Waals surface area contributed by atoms with E-state index in [2.05, 4.69) is 35.1 Å². The van der Waals surface area contributed by atoms with Crippen molar-refractivity contribution in [1.29, 1.82) is 0 Å². The molecule has 0 spiro atoms. The summed E-state index contributed by atoms with van der Waals surface area (Å²) in [7, 11) is 1.67. The number of rotatable bonds is 7. The normalized spacial score (nSPS) is 13.4. The highest BCUT2D eigenvalue weighted by atomic mass is 79.9. The maximum absolute atomic E-state index is 9.46. The highest BCUT2D eigenvalue weighted by Crippen LogP contribution is 2.24. The molecule has 0 radical (unpaired) electrons. The smallest absolute Gasteiger partial charge is 0.119 e. The van der Waals surface area contributed by atoms with Crippen LogP contribution in [0.5, 0.6) is 5.75 Å². The van der Waals surface area contributed by atoms with Gasteiger partial charge in [-0.05, 0) is 42.5 Å². The molecule has 0 aliphatic rings. The van der Waals surface area contributed by atoms with Crippen LogP contribution in [0.25, 0.3) is 0 Å². The number of aliphatic hydroxyl groups excluding tert-OH is 1. The third-order valence-electron chi connectivity index (χ3n) is 3.02. The van der Waals surface area contributed by atoms with Gasteiger partial charge >= 0.3 is 0 Å². The molecule has 0 aliphatic heterocycles. The zero-order valence-electron chi connectivity index (χ0n) is 12.2. The highest BCUT2D eigenvalue weighted by molar-refractivity contribution is 9.10. The first-order valence-corrected chi connectivity index (χ1v) is 7.34. The Morgan fingerprint density at radius 2 is 2.11 bits per heavy atom. The lowest BCUT2D eigenvalue weighted by molar-refractivity contribution is 0.128. The van der Waals surface area contributed by atoms with E-state index in [0.717, 1.165) is 29.7 Å². The predicted molar refractivity (Wildman–Crippen MR) is 82.5 cm³/mol. The zero-order chi connectivity index (χ0) is 14.5.